The molecule has 4 atom stereocenters. The summed E-state index contributed by atoms with van der Waals surface area (Å²) in [5.41, 5.74) is 2.03. The lowest BCUT2D eigenvalue weighted by atomic mass is 9.55. The first-order valence-corrected chi connectivity index (χ1v) is 11.6. The molecule has 2 saturated heterocycles. The van der Waals surface area contributed by atoms with Gasteiger partial charge in [-0.15, -0.1) is 0 Å². The topological polar surface area (TPSA) is 77.6 Å². The second kappa shape index (κ2) is 9.21. The SMILES string of the molecule is [CH2+][B-]1(C2OC2c2ccccc2)OC(=O)CN([C@@H]2CCC[C@H]2OCc2ccccc2)CC(=O)O1. The molecule has 5 rings (SSSR count). The predicted octanol–water partition coefficient (Wildman–Crippen LogP) is 3.02. The third-order valence-corrected chi connectivity index (χ3v) is 6.67. The van der Waals surface area contributed by atoms with E-state index in [2.05, 4.69) is 6.82 Å². The van der Waals surface area contributed by atoms with Crippen LogP contribution in [0.4, 0.5) is 0 Å². The van der Waals surface area contributed by atoms with Gasteiger partial charge in [0.25, 0.3) is 11.9 Å². The Morgan fingerprint density at radius 3 is 2.24 bits per heavy atom. The van der Waals surface area contributed by atoms with Crippen molar-refractivity contribution < 1.29 is 28.4 Å². The van der Waals surface area contributed by atoms with Crippen LogP contribution in [0, 0.1) is 6.82 Å². The van der Waals surface area contributed by atoms with Gasteiger partial charge in [0.1, 0.15) is 0 Å². The third kappa shape index (κ3) is 4.93. The average Bonchev–Trinajstić information content (AvgIpc) is 3.49. The quantitative estimate of drug-likeness (QED) is 0.381. The van der Waals surface area contributed by atoms with Crippen LogP contribution >= 0.6 is 0 Å². The van der Waals surface area contributed by atoms with Crippen molar-refractivity contribution in [1.29, 1.82) is 0 Å². The molecule has 2 aromatic carbocycles. The van der Waals surface area contributed by atoms with E-state index in [4.69, 9.17) is 18.8 Å². The number of carbonyl (C=O) groups excluding carboxylic acids is 2. The van der Waals surface area contributed by atoms with Gasteiger partial charge in [-0.2, -0.15) is 0 Å². The number of hydrogen-bond acceptors (Lipinski definition) is 7. The Hall–Kier alpha value is -2.81. The average molecular weight is 449 g/mol. The van der Waals surface area contributed by atoms with Crippen LogP contribution in [0.5, 0.6) is 0 Å². The molecular weight excluding hydrogens is 421 g/mol. The molecule has 0 amide bonds. The van der Waals surface area contributed by atoms with Crippen molar-refractivity contribution in [3.63, 3.8) is 0 Å². The van der Waals surface area contributed by atoms with Gasteiger partial charge >= 0.3 is 6.55 Å². The van der Waals surface area contributed by atoms with Gasteiger partial charge in [-0.05, 0) is 37.2 Å². The lowest BCUT2D eigenvalue weighted by molar-refractivity contribution is -0.150. The number of rotatable bonds is 6. The number of nitrogens with zero attached hydrogens (tertiary/aromatic N) is 1. The number of ether oxygens (including phenoxy) is 2. The molecule has 2 unspecified atom stereocenters. The van der Waals surface area contributed by atoms with Gasteiger partial charge < -0.3 is 18.8 Å². The normalized spacial score (nSPS) is 29.6. The molecule has 0 N–H and O–H groups in total. The second-order valence-electron chi connectivity index (χ2n) is 9.09. The largest absolute Gasteiger partial charge is 0.614 e. The summed E-state index contributed by atoms with van der Waals surface area (Å²) >= 11 is 0. The van der Waals surface area contributed by atoms with E-state index in [1.165, 1.54) is 0 Å². The maximum absolute atomic E-state index is 12.8. The maximum Gasteiger partial charge on any atom is 0.583 e. The van der Waals surface area contributed by atoms with E-state index in [0.29, 0.717) is 6.61 Å². The van der Waals surface area contributed by atoms with Gasteiger partial charge in [0, 0.05) is 6.04 Å². The molecule has 0 radical (unpaired) electrons. The van der Waals surface area contributed by atoms with E-state index < -0.39 is 24.5 Å². The Morgan fingerprint density at radius 2 is 1.58 bits per heavy atom. The summed E-state index contributed by atoms with van der Waals surface area (Å²) in [6.45, 7) is 1.98. The van der Waals surface area contributed by atoms with Gasteiger partial charge in [0.05, 0.1) is 37.9 Å². The summed E-state index contributed by atoms with van der Waals surface area (Å²) in [6.07, 6.45) is 2.35. The Morgan fingerprint density at radius 1 is 0.939 bits per heavy atom. The molecule has 8 heteroatoms. The van der Waals surface area contributed by atoms with Gasteiger partial charge in [-0.3, -0.25) is 14.5 Å². The molecule has 3 aliphatic rings. The van der Waals surface area contributed by atoms with Crippen LogP contribution in [0.2, 0.25) is 0 Å². The van der Waals surface area contributed by atoms with Crippen molar-refractivity contribution in [2.24, 2.45) is 0 Å². The van der Waals surface area contributed by atoms with E-state index in [1.807, 2.05) is 65.6 Å². The number of carbonyl (C=O) groups is 2. The molecule has 3 fully saturated rings. The minimum absolute atomic E-state index is 0.00723. The van der Waals surface area contributed by atoms with Crippen LogP contribution in [0.3, 0.4) is 0 Å². The molecular formula is C25H28BNO6. The number of hydrogen-bond donors (Lipinski definition) is 0. The zero-order valence-corrected chi connectivity index (χ0v) is 18.5. The summed E-state index contributed by atoms with van der Waals surface area (Å²) in [4.78, 5) is 27.4. The lowest BCUT2D eigenvalue weighted by Crippen LogP contribution is -2.57. The van der Waals surface area contributed by atoms with E-state index >= 15 is 0 Å². The standard InChI is InChI=1S/C25H28BNO6/c1-26(25-24(31-25)19-11-6-3-7-12-19)32-22(28)15-27(16-23(29)33-26)20-13-8-14-21(20)30-17-18-9-4-2-5-10-18/h2-7,9-12,20-21,24-25H,1,8,13-17H2/t20-,21-,24?,25?/m1/s1. The highest BCUT2D eigenvalue weighted by Gasteiger charge is 2.62. The van der Waals surface area contributed by atoms with Crippen molar-refractivity contribution >= 4 is 18.5 Å². The summed E-state index contributed by atoms with van der Waals surface area (Å²) in [6, 6.07) is 18.9. The van der Waals surface area contributed by atoms with Crippen molar-refractivity contribution in [1.82, 2.24) is 4.90 Å². The third-order valence-electron chi connectivity index (χ3n) is 6.67. The fourth-order valence-electron chi connectivity index (χ4n) is 5.02. The highest BCUT2D eigenvalue weighted by molar-refractivity contribution is 6.74. The number of benzene rings is 2. The Bertz CT molecular complexity index is 967. The van der Waals surface area contributed by atoms with Gasteiger partial charge in [-0.25, -0.2) is 0 Å². The van der Waals surface area contributed by atoms with E-state index in [1.54, 1.807) is 0 Å². The van der Waals surface area contributed by atoms with Crippen LogP contribution in [0.25, 0.3) is 0 Å². The van der Waals surface area contributed by atoms with Gasteiger partial charge in [-0.1, -0.05) is 60.7 Å². The zero-order chi connectivity index (χ0) is 22.8. The molecule has 33 heavy (non-hydrogen) atoms. The van der Waals surface area contributed by atoms with Crippen molar-refractivity contribution in [3.8, 4) is 0 Å². The summed E-state index contributed by atoms with van der Waals surface area (Å²) in [7, 11) is 0. The summed E-state index contributed by atoms with van der Waals surface area (Å²) in [5.74, 6) is -0.929. The Balaban J connectivity index is 1.23. The van der Waals surface area contributed by atoms with E-state index in [0.717, 1.165) is 30.4 Å². The van der Waals surface area contributed by atoms with E-state index in [-0.39, 0.29) is 31.3 Å². The molecule has 1 saturated carbocycles. The molecule has 0 aromatic heterocycles. The van der Waals surface area contributed by atoms with Crippen molar-refractivity contribution in [3.05, 3.63) is 78.6 Å². The van der Waals surface area contributed by atoms with E-state index in [9.17, 15) is 9.59 Å². The fourth-order valence-corrected chi connectivity index (χ4v) is 5.02. The Labute approximate surface area is 193 Å². The molecule has 172 valence electrons. The minimum atomic E-state index is -2.48. The van der Waals surface area contributed by atoms with Crippen molar-refractivity contribution in [2.75, 3.05) is 13.1 Å². The second-order valence-corrected chi connectivity index (χ2v) is 9.09. The monoisotopic (exact) mass is 449 g/mol. The first-order valence-electron chi connectivity index (χ1n) is 11.6. The molecule has 2 aromatic rings. The van der Waals surface area contributed by atoms with Gasteiger partial charge in [0.2, 0.25) is 0 Å². The zero-order valence-electron chi connectivity index (χ0n) is 18.5. The lowest BCUT2D eigenvalue weighted by Gasteiger charge is -2.38. The summed E-state index contributed by atoms with van der Waals surface area (Å²) in [5, 5.41) is 0. The number of epoxide rings is 1. The highest BCUT2D eigenvalue weighted by atomic mass is 16.7. The van der Waals surface area contributed by atoms with Gasteiger partial charge in [0.15, 0.2) is 0 Å². The summed E-state index contributed by atoms with van der Waals surface area (Å²) < 4.78 is 23.2. The first kappa shape index (κ1) is 22.0. The molecule has 1 aliphatic carbocycles. The molecule has 2 aliphatic heterocycles. The van der Waals surface area contributed by atoms with Crippen LogP contribution < -0.4 is 0 Å². The molecule has 7 nitrogen and oxygen atoms in total. The fraction of sp³-hybridized carbons (Fsp3) is 0.400. The Kier molecular flexibility index (Phi) is 6.14. The smallest absolute Gasteiger partial charge is 0.583 e. The van der Waals surface area contributed by atoms with Crippen LogP contribution in [0.1, 0.15) is 36.5 Å². The highest BCUT2D eigenvalue weighted by Crippen LogP contribution is 2.45. The van der Waals surface area contributed by atoms with Crippen LogP contribution in [0.15, 0.2) is 60.7 Å². The minimum Gasteiger partial charge on any atom is -0.614 e. The molecule has 0 bridgehead atoms. The van der Waals surface area contributed by atoms with Crippen LogP contribution in [-0.2, 0) is 35.0 Å². The van der Waals surface area contributed by atoms with Crippen molar-refractivity contribution in [2.45, 2.75) is 50.1 Å². The molecule has 2 heterocycles. The maximum atomic E-state index is 12.8. The molecule has 0 spiro atoms. The first-order chi connectivity index (χ1) is 16.0. The predicted molar refractivity (Wildman–Crippen MR) is 122 cm³/mol. The van der Waals surface area contributed by atoms with Crippen LogP contribution in [-0.4, -0.2) is 54.6 Å².